The highest BCUT2D eigenvalue weighted by atomic mass is 16.5. The molecule has 1 fully saturated rings. The van der Waals surface area contributed by atoms with Crippen LogP contribution in [-0.2, 0) is 9.53 Å². The van der Waals surface area contributed by atoms with Gasteiger partial charge in [-0.2, -0.15) is 0 Å². The highest BCUT2D eigenvalue weighted by Gasteiger charge is 2.17. The van der Waals surface area contributed by atoms with Crippen molar-refractivity contribution in [2.45, 2.75) is 26.9 Å². The average Bonchev–Trinajstić information content (AvgIpc) is 3.06. The monoisotopic (exact) mass is 596 g/mol. The topological polar surface area (TPSA) is 125 Å². The number of aromatic nitrogens is 3. The Morgan fingerprint density at radius 1 is 1.02 bits per heavy atom. The zero-order chi connectivity index (χ0) is 31.3. The largest absolute Gasteiger partial charge is 0.382 e. The standard InChI is InChI=1S/C29H30N8O2.C4H10O/c1-21-4-5-22(17-27(21)35-29-32-12-10-26(34-29)23-3-2-11-30-18-23)28(39)33-24-6-8-25(9-7-24)37-15-13-36(14-16-37)19-31-20-38;1-4(2)5-3/h2-12,17-18,20H,13-16,19H2,1H3,(H,31,38)(H,33,39)(H,32,34,35);4H,1-3H3. The number of pyridine rings is 1. The Bertz CT molecular complexity index is 1490. The summed E-state index contributed by atoms with van der Waals surface area (Å²) >= 11 is 0. The van der Waals surface area contributed by atoms with E-state index in [0.717, 1.165) is 66.5 Å². The lowest BCUT2D eigenvalue weighted by molar-refractivity contribution is -0.110. The van der Waals surface area contributed by atoms with Crippen LogP contribution in [0.1, 0.15) is 29.8 Å². The molecule has 2 aromatic heterocycles. The maximum Gasteiger partial charge on any atom is 0.255 e. The second-order valence-corrected chi connectivity index (χ2v) is 10.5. The second kappa shape index (κ2) is 16.1. The van der Waals surface area contributed by atoms with Crippen LogP contribution >= 0.6 is 0 Å². The van der Waals surface area contributed by atoms with Crippen molar-refractivity contribution in [1.82, 2.24) is 25.2 Å². The second-order valence-electron chi connectivity index (χ2n) is 10.5. The number of piperazine rings is 1. The summed E-state index contributed by atoms with van der Waals surface area (Å²) in [6.45, 7) is 10.0. The molecule has 11 nitrogen and oxygen atoms in total. The van der Waals surface area contributed by atoms with Crippen LogP contribution in [0.15, 0.2) is 79.3 Å². The first-order chi connectivity index (χ1) is 21.4. The van der Waals surface area contributed by atoms with E-state index in [2.05, 4.69) is 40.7 Å². The van der Waals surface area contributed by atoms with E-state index in [1.165, 1.54) is 0 Å². The van der Waals surface area contributed by atoms with Crippen molar-refractivity contribution >= 4 is 35.3 Å². The van der Waals surface area contributed by atoms with Gasteiger partial charge in [-0.25, -0.2) is 9.97 Å². The van der Waals surface area contributed by atoms with Gasteiger partial charge in [-0.05, 0) is 80.9 Å². The summed E-state index contributed by atoms with van der Waals surface area (Å²) in [7, 11) is 1.70. The molecule has 2 aromatic carbocycles. The van der Waals surface area contributed by atoms with Crippen LogP contribution in [-0.4, -0.2) is 78.2 Å². The molecule has 1 aliphatic heterocycles. The van der Waals surface area contributed by atoms with Crippen LogP contribution in [0.25, 0.3) is 11.3 Å². The van der Waals surface area contributed by atoms with Crippen molar-refractivity contribution in [2.75, 3.05) is 55.5 Å². The molecule has 0 spiro atoms. The molecule has 1 saturated heterocycles. The molecule has 11 heteroatoms. The molecule has 3 heterocycles. The van der Waals surface area contributed by atoms with E-state index < -0.39 is 0 Å². The van der Waals surface area contributed by atoms with E-state index in [9.17, 15) is 9.59 Å². The van der Waals surface area contributed by atoms with Gasteiger partial charge in [-0.15, -0.1) is 0 Å². The number of amides is 2. The Labute approximate surface area is 258 Å². The lowest BCUT2D eigenvalue weighted by Crippen LogP contribution is -2.49. The number of anilines is 4. The molecule has 0 radical (unpaired) electrons. The molecule has 1 aliphatic rings. The molecule has 0 aliphatic carbocycles. The van der Waals surface area contributed by atoms with Gasteiger partial charge < -0.3 is 25.6 Å². The highest BCUT2D eigenvalue weighted by Crippen LogP contribution is 2.24. The van der Waals surface area contributed by atoms with Gasteiger partial charge in [0.2, 0.25) is 12.4 Å². The van der Waals surface area contributed by atoms with Gasteiger partial charge in [0.05, 0.1) is 18.5 Å². The van der Waals surface area contributed by atoms with E-state index in [1.54, 1.807) is 37.8 Å². The molecule has 44 heavy (non-hydrogen) atoms. The summed E-state index contributed by atoms with van der Waals surface area (Å²) in [5.41, 5.74) is 5.72. The van der Waals surface area contributed by atoms with Gasteiger partial charge in [-0.1, -0.05) is 6.07 Å². The minimum absolute atomic E-state index is 0.202. The lowest BCUT2D eigenvalue weighted by atomic mass is 10.1. The maximum absolute atomic E-state index is 13.1. The third-order valence-corrected chi connectivity index (χ3v) is 7.09. The van der Waals surface area contributed by atoms with Crippen molar-refractivity contribution in [3.05, 3.63) is 90.4 Å². The van der Waals surface area contributed by atoms with Crippen molar-refractivity contribution in [3.63, 3.8) is 0 Å². The van der Waals surface area contributed by atoms with Crippen LogP contribution in [0.2, 0.25) is 0 Å². The van der Waals surface area contributed by atoms with E-state index >= 15 is 0 Å². The average molecular weight is 597 g/mol. The quantitative estimate of drug-likeness (QED) is 0.223. The summed E-state index contributed by atoms with van der Waals surface area (Å²) in [6, 6.07) is 19.0. The predicted molar refractivity (Wildman–Crippen MR) is 174 cm³/mol. The molecule has 4 aromatic rings. The summed E-state index contributed by atoms with van der Waals surface area (Å²) in [6.07, 6.45) is 6.28. The minimum Gasteiger partial charge on any atom is -0.382 e. The normalized spacial score (nSPS) is 13.1. The van der Waals surface area contributed by atoms with Gasteiger partial charge in [-0.3, -0.25) is 19.5 Å². The third-order valence-electron chi connectivity index (χ3n) is 7.09. The Balaban J connectivity index is 0.000000818. The molecule has 230 valence electrons. The fourth-order valence-electron chi connectivity index (χ4n) is 4.40. The summed E-state index contributed by atoms with van der Waals surface area (Å²) in [5, 5.41) is 8.95. The third kappa shape index (κ3) is 9.32. The number of hydrogen-bond donors (Lipinski definition) is 3. The smallest absolute Gasteiger partial charge is 0.255 e. The maximum atomic E-state index is 13.1. The zero-order valence-corrected chi connectivity index (χ0v) is 25.7. The summed E-state index contributed by atoms with van der Waals surface area (Å²) in [5.74, 6) is 0.237. The number of methoxy groups -OCH3 is 1. The molecule has 0 saturated carbocycles. The minimum atomic E-state index is -0.202. The van der Waals surface area contributed by atoms with E-state index in [1.807, 2.05) is 69.3 Å². The van der Waals surface area contributed by atoms with Crippen molar-refractivity contribution in [3.8, 4) is 11.3 Å². The number of rotatable bonds is 10. The van der Waals surface area contributed by atoms with Gasteiger partial charge in [0.1, 0.15) is 0 Å². The van der Waals surface area contributed by atoms with Gasteiger partial charge in [0, 0.05) is 80.1 Å². The van der Waals surface area contributed by atoms with Gasteiger partial charge in [0.25, 0.3) is 5.91 Å². The lowest BCUT2D eigenvalue weighted by Gasteiger charge is -2.35. The zero-order valence-electron chi connectivity index (χ0n) is 25.7. The van der Waals surface area contributed by atoms with Gasteiger partial charge >= 0.3 is 0 Å². The first kappa shape index (κ1) is 32.1. The molecule has 0 bridgehead atoms. The van der Waals surface area contributed by atoms with Crippen LogP contribution < -0.4 is 20.9 Å². The van der Waals surface area contributed by atoms with Crippen LogP contribution in [0.3, 0.4) is 0 Å². The Morgan fingerprint density at radius 2 is 1.77 bits per heavy atom. The number of hydrogen-bond acceptors (Lipinski definition) is 9. The van der Waals surface area contributed by atoms with Crippen LogP contribution in [0.4, 0.5) is 23.0 Å². The number of nitrogens with zero attached hydrogens (tertiary/aromatic N) is 5. The molecule has 3 N–H and O–H groups in total. The molecule has 0 unspecified atom stereocenters. The van der Waals surface area contributed by atoms with E-state index in [0.29, 0.717) is 24.3 Å². The first-order valence-corrected chi connectivity index (χ1v) is 14.6. The number of carbonyl (C=O) groups is 2. The molecule has 0 atom stereocenters. The highest BCUT2D eigenvalue weighted by molar-refractivity contribution is 6.05. The fourth-order valence-corrected chi connectivity index (χ4v) is 4.40. The molecular formula is C33H40N8O3. The molecule has 5 rings (SSSR count). The molecule has 2 amide bonds. The fraction of sp³-hybridized carbons (Fsp3) is 0.303. The van der Waals surface area contributed by atoms with Crippen LogP contribution in [0.5, 0.6) is 0 Å². The van der Waals surface area contributed by atoms with Gasteiger partial charge in [0.15, 0.2) is 0 Å². The van der Waals surface area contributed by atoms with Crippen LogP contribution in [0, 0.1) is 6.92 Å². The number of nitrogens with one attached hydrogen (secondary N) is 3. The van der Waals surface area contributed by atoms with Crippen molar-refractivity contribution in [1.29, 1.82) is 0 Å². The van der Waals surface area contributed by atoms with E-state index in [-0.39, 0.29) is 5.91 Å². The van der Waals surface area contributed by atoms with Crippen molar-refractivity contribution < 1.29 is 14.3 Å². The van der Waals surface area contributed by atoms with E-state index in [4.69, 9.17) is 4.74 Å². The summed E-state index contributed by atoms with van der Waals surface area (Å²) in [4.78, 5) is 41.2. The number of carbonyl (C=O) groups excluding carboxylic acids is 2. The number of aryl methyl sites for hydroxylation is 1. The molecular weight excluding hydrogens is 556 g/mol. The SMILES string of the molecule is COC(C)C.Cc1ccc(C(=O)Nc2ccc(N3CCN(CNC=O)CC3)cc2)cc1Nc1nccc(-c2cccnc2)n1. The Kier molecular flexibility index (Phi) is 11.7. The number of ether oxygens (including phenoxy) is 1. The Hall–Kier alpha value is -4.87. The predicted octanol–water partition coefficient (Wildman–Crippen LogP) is 4.71. The van der Waals surface area contributed by atoms with Crippen molar-refractivity contribution in [2.24, 2.45) is 0 Å². The summed E-state index contributed by atoms with van der Waals surface area (Å²) < 4.78 is 4.75. The first-order valence-electron chi connectivity index (χ1n) is 14.6. The Morgan fingerprint density at radius 3 is 2.43 bits per heavy atom. The number of benzene rings is 2.